The van der Waals surface area contributed by atoms with Crippen molar-refractivity contribution in [2.24, 2.45) is 0 Å². The van der Waals surface area contributed by atoms with Gasteiger partial charge in [0.25, 0.3) is 5.91 Å². The second-order valence-electron chi connectivity index (χ2n) is 4.56. The third kappa shape index (κ3) is 2.87. The molecule has 1 aliphatic rings. The molecule has 3 nitrogen and oxygen atoms in total. The molecule has 2 rings (SSSR count). The molecule has 2 heterocycles. The number of hydrogen-bond donors (Lipinski definition) is 1. The highest BCUT2D eigenvalue weighted by Crippen LogP contribution is 2.20. The van der Waals surface area contributed by atoms with E-state index in [1.165, 1.54) is 4.88 Å². The second kappa shape index (κ2) is 5.65. The average Bonchev–Trinajstić information content (AvgIpc) is 2.95. The maximum atomic E-state index is 12.4. The first-order valence-corrected chi connectivity index (χ1v) is 7.12. The summed E-state index contributed by atoms with van der Waals surface area (Å²) in [4.78, 5) is 16.6. The van der Waals surface area contributed by atoms with Crippen molar-refractivity contribution in [1.29, 1.82) is 0 Å². The predicted octanol–water partition coefficient (Wildman–Crippen LogP) is 2.27. The van der Waals surface area contributed by atoms with E-state index in [9.17, 15) is 4.79 Å². The number of aryl methyl sites for hydroxylation is 1. The molecule has 1 N–H and O–H groups in total. The molecule has 0 aromatic carbocycles. The van der Waals surface area contributed by atoms with Crippen LogP contribution in [0.1, 0.15) is 34.3 Å². The predicted molar refractivity (Wildman–Crippen MR) is 71.7 cm³/mol. The summed E-state index contributed by atoms with van der Waals surface area (Å²) in [5.41, 5.74) is 0. The Morgan fingerprint density at radius 3 is 2.94 bits per heavy atom. The first-order valence-electron chi connectivity index (χ1n) is 6.30. The largest absolute Gasteiger partial charge is 0.334 e. The lowest BCUT2D eigenvalue weighted by molar-refractivity contribution is 0.0697. The molecule has 1 aromatic heterocycles. The van der Waals surface area contributed by atoms with Gasteiger partial charge in [0, 0.05) is 24.0 Å². The SMILES string of the molecule is CCCN(C(=O)c1ccc(C)s1)C1CCNC1. The van der Waals surface area contributed by atoms with Gasteiger partial charge in [0.1, 0.15) is 0 Å². The Kier molecular flexibility index (Phi) is 4.18. The fraction of sp³-hybridized carbons (Fsp3) is 0.615. The van der Waals surface area contributed by atoms with Crippen LogP contribution in [-0.4, -0.2) is 36.5 Å². The number of carbonyl (C=O) groups is 1. The van der Waals surface area contributed by atoms with Crippen LogP contribution >= 0.6 is 11.3 Å². The fourth-order valence-electron chi connectivity index (χ4n) is 2.29. The number of nitrogens with zero attached hydrogens (tertiary/aromatic N) is 1. The number of amides is 1. The molecule has 0 bridgehead atoms. The van der Waals surface area contributed by atoms with E-state index in [0.29, 0.717) is 6.04 Å². The van der Waals surface area contributed by atoms with Crippen LogP contribution in [0.4, 0.5) is 0 Å². The molecule has 17 heavy (non-hydrogen) atoms. The Bertz CT molecular complexity index is 383. The van der Waals surface area contributed by atoms with Gasteiger partial charge in [-0.3, -0.25) is 4.79 Å². The summed E-state index contributed by atoms with van der Waals surface area (Å²) in [6.45, 7) is 7.00. The number of carbonyl (C=O) groups excluding carboxylic acids is 1. The average molecular weight is 252 g/mol. The van der Waals surface area contributed by atoms with E-state index >= 15 is 0 Å². The number of thiophene rings is 1. The fourth-order valence-corrected chi connectivity index (χ4v) is 3.11. The minimum Gasteiger partial charge on any atom is -0.334 e. The lowest BCUT2D eigenvalue weighted by Crippen LogP contribution is -2.41. The van der Waals surface area contributed by atoms with Crippen LogP contribution in [0, 0.1) is 6.92 Å². The molecule has 1 unspecified atom stereocenters. The van der Waals surface area contributed by atoms with E-state index < -0.39 is 0 Å². The summed E-state index contributed by atoms with van der Waals surface area (Å²) in [5, 5.41) is 3.33. The van der Waals surface area contributed by atoms with Gasteiger partial charge in [-0.25, -0.2) is 0 Å². The van der Waals surface area contributed by atoms with Crippen molar-refractivity contribution in [3.05, 3.63) is 21.9 Å². The third-order valence-corrected chi connectivity index (χ3v) is 4.14. The Balaban J connectivity index is 2.12. The van der Waals surface area contributed by atoms with Gasteiger partial charge < -0.3 is 10.2 Å². The number of hydrogen-bond acceptors (Lipinski definition) is 3. The summed E-state index contributed by atoms with van der Waals surface area (Å²) < 4.78 is 0. The zero-order valence-corrected chi connectivity index (χ0v) is 11.3. The molecule has 0 radical (unpaired) electrons. The minimum atomic E-state index is 0.207. The molecule has 1 aromatic rings. The van der Waals surface area contributed by atoms with Gasteiger partial charge in [0.05, 0.1) is 4.88 Å². The van der Waals surface area contributed by atoms with E-state index in [1.54, 1.807) is 11.3 Å². The van der Waals surface area contributed by atoms with Crippen molar-refractivity contribution in [2.45, 2.75) is 32.7 Å². The highest BCUT2D eigenvalue weighted by molar-refractivity contribution is 7.13. The van der Waals surface area contributed by atoms with Crippen LogP contribution in [0.2, 0.25) is 0 Å². The third-order valence-electron chi connectivity index (χ3n) is 3.15. The molecular formula is C13H20N2OS. The van der Waals surface area contributed by atoms with E-state index in [0.717, 1.165) is 37.4 Å². The summed E-state index contributed by atoms with van der Waals surface area (Å²) in [6.07, 6.45) is 2.10. The molecule has 4 heteroatoms. The van der Waals surface area contributed by atoms with E-state index in [4.69, 9.17) is 0 Å². The van der Waals surface area contributed by atoms with Gasteiger partial charge in [-0.05, 0) is 38.4 Å². The zero-order valence-electron chi connectivity index (χ0n) is 10.5. The highest BCUT2D eigenvalue weighted by atomic mass is 32.1. The maximum absolute atomic E-state index is 12.4. The van der Waals surface area contributed by atoms with Crippen molar-refractivity contribution in [2.75, 3.05) is 19.6 Å². The molecule has 1 amide bonds. The summed E-state index contributed by atoms with van der Waals surface area (Å²) in [5.74, 6) is 0.207. The van der Waals surface area contributed by atoms with Crippen molar-refractivity contribution in [3.63, 3.8) is 0 Å². The van der Waals surface area contributed by atoms with Crippen LogP contribution in [0.3, 0.4) is 0 Å². The van der Waals surface area contributed by atoms with Gasteiger partial charge in [-0.2, -0.15) is 0 Å². The van der Waals surface area contributed by atoms with Crippen LogP contribution in [0.5, 0.6) is 0 Å². The van der Waals surface area contributed by atoms with Crippen molar-refractivity contribution in [1.82, 2.24) is 10.2 Å². The van der Waals surface area contributed by atoms with Gasteiger partial charge >= 0.3 is 0 Å². The Labute approximate surface area is 107 Å². The molecule has 0 aliphatic carbocycles. The number of rotatable bonds is 4. The van der Waals surface area contributed by atoms with E-state index in [1.807, 2.05) is 24.0 Å². The van der Waals surface area contributed by atoms with Gasteiger partial charge in [0.15, 0.2) is 0 Å². The Hall–Kier alpha value is -0.870. The highest BCUT2D eigenvalue weighted by Gasteiger charge is 2.27. The molecule has 1 fully saturated rings. The van der Waals surface area contributed by atoms with E-state index in [2.05, 4.69) is 12.2 Å². The van der Waals surface area contributed by atoms with Crippen molar-refractivity contribution in [3.8, 4) is 0 Å². The molecule has 0 saturated carbocycles. The van der Waals surface area contributed by atoms with Crippen LogP contribution < -0.4 is 5.32 Å². The van der Waals surface area contributed by atoms with Crippen LogP contribution in [0.25, 0.3) is 0 Å². The zero-order chi connectivity index (χ0) is 12.3. The first-order chi connectivity index (χ1) is 8.22. The first kappa shape index (κ1) is 12.6. The minimum absolute atomic E-state index is 0.207. The Morgan fingerprint density at radius 1 is 1.59 bits per heavy atom. The van der Waals surface area contributed by atoms with Crippen molar-refractivity contribution < 1.29 is 4.79 Å². The molecule has 94 valence electrons. The Morgan fingerprint density at radius 2 is 2.41 bits per heavy atom. The molecule has 1 saturated heterocycles. The smallest absolute Gasteiger partial charge is 0.264 e. The quantitative estimate of drug-likeness (QED) is 0.891. The monoisotopic (exact) mass is 252 g/mol. The van der Waals surface area contributed by atoms with Crippen LogP contribution in [0.15, 0.2) is 12.1 Å². The lowest BCUT2D eigenvalue weighted by atomic mass is 10.2. The summed E-state index contributed by atoms with van der Waals surface area (Å²) in [6, 6.07) is 4.35. The normalized spacial score (nSPS) is 19.5. The van der Waals surface area contributed by atoms with Crippen molar-refractivity contribution >= 4 is 17.2 Å². The molecule has 1 aliphatic heterocycles. The van der Waals surface area contributed by atoms with Gasteiger partial charge in [-0.1, -0.05) is 6.92 Å². The molecule has 1 atom stereocenters. The summed E-state index contributed by atoms with van der Waals surface area (Å²) in [7, 11) is 0. The topological polar surface area (TPSA) is 32.3 Å². The maximum Gasteiger partial charge on any atom is 0.264 e. The van der Waals surface area contributed by atoms with E-state index in [-0.39, 0.29) is 5.91 Å². The standard InChI is InChI=1S/C13H20N2OS/c1-3-8-15(11-6-7-14-9-11)13(16)12-5-4-10(2)17-12/h4-5,11,14H,3,6-9H2,1-2H3. The summed E-state index contributed by atoms with van der Waals surface area (Å²) >= 11 is 1.60. The lowest BCUT2D eigenvalue weighted by Gasteiger charge is -2.27. The van der Waals surface area contributed by atoms with Gasteiger partial charge in [-0.15, -0.1) is 11.3 Å². The van der Waals surface area contributed by atoms with Crippen LogP contribution in [-0.2, 0) is 0 Å². The van der Waals surface area contributed by atoms with Gasteiger partial charge in [0.2, 0.25) is 0 Å². The number of nitrogens with one attached hydrogen (secondary N) is 1. The molecule has 0 spiro atoms. The molecular weight excluding hydrogens is 232 g/mol. The second-order valence-corrected chi connectivity index (χ2v) is 5.84.